The number of carboxylic acids is 1. The zero-order chi connectivity index (χ0) is 17.8. The van der Waals surface area contributed by atoms with Gasteiger partial charge in [-0.05, 0) is 30.3 Å². The van der Waals surface area contributed by atoms with E-state index in [2.05, 4.69) is 4.98 Å². The normalized spacial score (nSPS) is 18.0. The number of fused-ring (bicyclic) bond motifs is 4. The van der Waals surface area contributed by atoms with Crippen LogP contribution in [0.5, 0.6) is 5.75 Å². The standard InChI is InChI=1S/C18H14N2O5/c1-25-10-6-7-14-12(8-10)18(24,9-15(21)22)17-19-13-5-3-2-4-11(13)16(23)20(14)17/h2-8,24H,9H2,1H3,(H,21,22)/t18-/m0/s1. The summed E-state index contributed by atoms with van der Waals surface area (Å²) < 4.78 is 6.46. The van der Waals surface area contributed by atoms with E-state index in [0.29, 0.717) is 22.3 Å². The van der Waals surface area contributed by atoms with Gasteiger partial charge < -0.3 is 14.9 Å². The number of aromatic nitrogens is 2. The molecule has 7 heteroatoms. The Hall–Kier alpha value is -3.19. The minimum atomic E-state index is -1.92. The third kappa shape index (κ3) is 2.06. The van der Waals surface area contributed by atoms with Crippen LogP contribution in [0.25, 0.3) is 16.6 Å². The Bertz CT molecular complexity index is 1090. The number of para-hydroxylation sites is 1. The molecule has 1 aliphatic heterocycles. The molecule has 1 aromatic heterocycles. The fourth-order valence-corrected chi connectivity index (χ4v) is 3.32. The highest BCUT2D eigenvalue weighted by Crippen LogP contribution is 2.43. The summed E-state index contributed by atoms with van der Waals surface area (Å²) in [5.41, 5.74) is -1.17. The van der Waals surface area contributed by atoms with E-state index in [-0.39, 0.29) is 16.9 Å². The van der Waals surface area contributed by atoms with Crippen LogP contribution in [-0.4, -0.2) is 32.8 Å². The molecule has 0 saturated heterocycles. The largest absolute Gasteiger partial charge is 0.497 e. The van der Waals surface area contributed by atoms with E-state index >= 15 is 0 Å². The number of ether oxygens (including phenoxy) is 1. The van der Waals surface area contributed by atoms with Crippen LogP contribution in [0.15, 0.2) is 47.3 Å². The summed E-state index contributed by atoms with van der Waals surface area (Å²) in [6, 6.07) is 11.6. The molecule has 0 aliphatic carbocycles. The minimum absolute atomic E-state index is 0.00172. The fourth-order valence-electron chi connectivity index (χ4n) is 3.32. The molecule has 126 valence electrons. The average Bonchev–Trinajstić information content (AvgIpc) is 2.83. The molecular weight excluding hydrogens is 324 g/mol. The first kappa shape index (κ1) is 15.3. The Morgan fingerprint density at radius 1 is 1.28 bits per heavy atom. The summed E-state index contributed by atoms with van der Waals surface area (Å²) >= 11 is 0. The first-order chi connectivity index (χ1) is 12.0. The van der Waals surface area contributed by atoms with Gasteiger partial charge in [-0.1, -0.05) is 12.1 Å². The third-order valence-electron chi connectivity index (χ3n) is 4.44. The lowest BCUT2D eigenvalue weighted by Crippen LogP contribution is -2.32. The molecular formula is C18H14N2O5. The first-order valence-electron chi connectivity index (χ1n) is 7.61. The number of rotatable bonds is 3. The van der Waals surface area contributed by atoms with Crippen molar-refractivity contribution < 1.29 is 19.7 Å². The molecule has 1 atom stereocenters. The molecule has 0 amide bonds. The number of aliphatic hydroxyl groups is 1. The number of aliphatic carboxylic acids is 1. The summed E-state index contributed by atoms with van der Waals surface area (Å²) in [6.45, 7) is 0. The Morgan fingerprint density at radius 3 is 2.76 bits per heavy atom. The lowest BCUT2D eigenvalue weighted by atomic mass is 9.91. The van der Waals surface area contributed by atoms with Gasteiger partial charge in [-0.15, -0.1) is 0 Å². The van der Waals surface area contributed by atoms with Crippen LogP contribution in [0.4, 0.5) is 0 Å². The molecule has 0 unspecified atom stereocenters. The Morgan fingerprint density at radius 2 is 2.04 bits per heavy atom. The van der Waals surface area contributed by atoms with Crippen molar-refractivity contribution in [2.24, 2.45) is 0 Å². The molecule has 3 aromatic rings. The number of carbonyl (C=O) groups is 1. The van der Waals surface area contributed by atoms with Gasteiger partial charge in [-0.3, -0.25) is 14.2 Å². The average molecular weight is 338 g/mol. The smallest absolute Gasteiger partial charge is 0.307 e. The van der Waals surface area contributed by atoms with E-state index in [1.54, 1.807) is 36.4 Å². The molecule has 0 bridgehead atoms. The van der Waals surface area contributed by atoms with Crippen molar-refractivity contribution in [1.29, 1.82) is 0 Å². The van der Waals surface area contributed by atoms with E-state index in [4.69, 9.17) is 4.74 Å². The minimum Gasteiger partial charge on any atom is -0.497 e. The van der Waals surface area contributed by atoms with Crippen molar-refractivity contribution in [1.82, 2.24) is 9.55 Å². The van der Waals surface area contributed by atoms with Crippen LogP contribution in [-0.2, 0) is 10.4 Å². The number of benzene rings is 2. The van der Waals surface area contributed by atoms with Gasteiger partial charge in [0.05, 0.1) is 30.1 Å². The van der Waals surface area contributed by atoms with Gasteiger partial charge in [-0.25, -0.2) is 4.98 Å². The van der Waals surface area contributed by atoms with Crippen LogP contribution in [0, 0.1) is 0 Å². The Labute approximate surface area is 141 Å². The maximum atomic E-state index is 12.9. The molecule has 0 saturated carbocycles. The van der Waals surface area contributed by atoms with Gasteiger partial charge >= 0.3 is 5.97 Å². The molecule has 1 aliphatic rings. The Kier molecular flexibility index (Phi) is 3.16. The van der Waals surface area contributed by atoms with Crippen LogP contribution in [0.2, 0.25) is 0 Å². The quantitative estimate of drug-likeness (QED) is 0.749. The summed E-state index contributed by atoms with van der Waals surface area (Å²) in [5.74, 6) is -0.748. The van der Waals surface area contributed by atoms with Gasteiger partial charge in [-0.2, -0.15) is 0 Å². The van der Waals surface area contributed by atoms with Crippen LogP contribution < -0.4 is 10.3 Å². The second-order valence-corrected chi connectivity index (χ2v) is 5.91. The highest BCUT2D eigenvalue weighted by molar-refractivity contribution is 5.80. The third-order valence-corrected chi connectivity index (χ3v) is 4.44. The van der Waals surface area contributed by atoms with Gasteiger partial charge in [0.1, 0.15) is 5.75 Å². The zero-order valence-electron chi connectivity index (χ0n) is 13.3. The summed E-state index contributed by atoms with van der Waals surface area (Å²) in [6.07, 6.45) is -0.613. The van der Waals surface area contributed by atoms with Crippen LogP contribution in [0.3, 0.4) is 0 Å². The fraction of sp³-hybridized carbons (Fsp3) is 0.167. The van der Waals surface area contributed by atoms with E-state index in [9.17, 15) is 19.8 Å². The lowest BCUT2D eigenvalue weighted by Gasteiger charge is -2.21. The number of hydrogen-bond acceptors (Lipinski definition) is 5. The summed E-state index contributed by atoms with van der Waals surface area (Å²) in [5, 5.41) is 20.9. The predicted molar refractivity (Wildman–Crippen MR) is 89.1 cm³/mol. The molecule has 0 radical (unpaired) electrons. The van der Waals surface area contributed by atoms with Crippen LogP contribution in [0.1, 0.15) is 17.8 Å². The van der Waals surface area contributed by atoms with Gasteiger partial charge in [0.2, 0.25) is 0 Å². The molecule has 7 nitrogen and oxygen atoms in total. The van der Waals surface area contributed by atoms with Crippen molar-refractivity contribution in [3.05, 3.63) is 64.2 Å². The van der Waals surface area contributed by atoms with Crippen molar-refractivity contribution in [2.75, 3.05) is 7.11 Å². The highest BCUT2D eigenvalue weighted by Gasteiger charge is 2.46. The van der Waals surface area contributed by atoms with Crippen molar-refractivity contribution in [3.63, 3.8) is 0 Å². The SMILES string of the molecule is COc1ccc2c(c1)[C@@](O)(CC(=O)O)c1nc3ccccc3c(=O)n1-2. The van der Waals surface area contributed by atoms with Gasteiger partial charge in [0.15, 0.2) is 11.4 Å². The number of hydrogen-bond donors (Lipinski definition) is 2. The topological polar surface area (TPSA) is 102 Å². The highest BCUT2D eigenvalue weighted by atomic mass is 16.5. The van der Waals surface area contributed by atoms with E-state index in [1.165, 1.54) is 17.7 Å². The molecule has 25 heavy (non-hydrogen) atoms. The molecule has 0 spiro atoms. The molecule has 2 N–H and O–H groups in total. The number of nitrogens with zero attached hydrogens (tertiary/aromatic N) is 2. The molecule has 0 fully saturated rings. The maximum absolute atomic E-state index is 12.9. The Balaban J connectivity index is 2.13. The monoisotopic (exact) mass is 338 g/mol. The second kappa shape index (κ2) is 5.15. The van der Waals surface area contributed by atoms with Gasteiger partial charge in [0.25, 0.3) is 5.56 Å². The zero-order valence-corrected chi connectivity index (χ0v) is 13.3. The van der Waals surface area contributed by atoms with E-state index < -0.39 is 18.0 Å². The van der Waals surface area contributed by atoms with Gasteiger partial charge in [0, 0.05) is 5.56 Å². The summed E-state index contributed by atoms with van der Waals surface area (Å²) in [4.78, 5) is 28.7. The van der Waals surface area contributed by atoms with Crippen molar-refractivity contribution in [3.8, 4) is 11.4 Å². The second-order valence-electron chi connectivity index (χ2n) is 5.91. The first-order valence-corrected chi connectivity index (χ1v) is 7.61. The molecule has 2 heterocycles. The maximum Gasteiger partial charge on any atom is 0.307 e. The molecule has 4 rings (SSSR count). The van der Waals surface area contributed by atoms with Crippen molar-refractivity contribution >= 4 is 16.9 Å². The number of methoxy groups -OCH3 is 1. The molecule has 2 aromatic carbocycles. The van der Waals surface area contributed by atoms with Crippen LogP contribution >= 0.6 is 0 Å². The summed E-state index contributed by atoms with van der Waals surface area (Å²) in [7, 11) is 1.47. The van der Waals surface area contributed by atoms with E-state index in [0.717, 1.165) is 0 Å². The number of carboxylic acid groups (broad SMARTS) is 1. The predicted octanol–water partition coefficient (Wildman–Crippen LogP) is 1.42. The van der Waals surface area contributed by atoms with E-state index in [1.807, 2.05) is 0 Å². The lowest BCUT2D eigenvalue weighted by molar-refractivity contribution is -0.141. The van der Waals surface area contributed by atoms with Crippen molar-refractivity contribution in [2.45, 2.75) is 12.0 Å².